The fourth-order valence-corrected chi connectivity index (χ4v) is 3.63. The second-order valence-electron chi connectivity index (χ2n) is 7.63. The summed E-state index contributed by atoms with van der Waals surface area (Å²) in [5.74, 6) is -1.38. The molecule has 32 heavy (non-hydrogen) atoms. The van der Waals surface area contributed by atoms with Crippen molar-refractivity contribution in [2.75, 3.05) is 30.8 Å². The van der Waals surface area contributed by atoms with Crippen molar-refractivity contribution in [3.05, 3.63) is 59.2 Å². The highest BCUT2D eigenvalue weighted by atomic mass is 16.5. The molecule has 1 atom stereocenters. The number of nitrogens with one attached hydrogen (secondary N) is 3. The Hall–Kier alpha value is -3.88. The van der Waals surface area contributed by atoms with Crippen molar-refractivity contribution < 1.29 is 23.9 Å². The molecule has 1 heterocycles. The zero-order valence-electron chi connectivity index (χ0n) is 18.2. The van der Waals surface area contributed by atoms with Crippen LogP contribution in [0.15, 0.2) is 42.5 Å². The van der Waals surface area contributed by atoms with Crippen molar-refractivity contribution in [3.63, 3.8) is 0 Å². The molecular weight excluding hydrogens is 412 g/mol. The van der Waals surface area contributed by atoms with Crippen molar-refractivity contribution in [2.24, 2.45) is 0 Å². The number of amides is 4. The maximum absolute atomic E-state index is 12.9. The number of rotatable bonds is 5. The van der Waals surface area contributed by atoms with Crippen LogP contribution in [0.4, 0.5) is 16.2 Å². The van der Waals surface area contributed by atoms with E-state index in [4.69, 9.17) is 0 Å². The van der Waals surface area contributed by atoms with Gasteiger partial charge >= 0.3 is 12.0 Å². The van der Waals surface area contributed by atoms with Crippen molar-refractivity contribution in [2.45, 2.75) is 26.3 Å². The van der Waals surface area contributed by atoms with E-state index >= 15 is 0 Å². The third-order valence-electron chi connectivity index (χ3n) is 5.01. The maximum Gasteiger partial charge on any atom is 0.337 e. The number of urea groups is 1. The molecule has 1 aliphatic rings. The molecule has 2 aromatic rings. The Morgan fingerprint density at radius 3 is 2.47 bits per heavy atom. The number of hydrogen-bond acceptors (Lipinski definition) is 5. The Balaban J connectivity index is 1.70. The predicted octanol–water partition coefficient (Wildman–Crippen LogP) is 2.45. The first-order valence-electron chi connectivity index (χ1n) is 10.2. The van der Waals surface area contributed by atoms with Gasteiger partial charge in [0.25, 0.3) is 0 Å². The first kappa shape index (κ1) is 22.8. The summed E-state index contributed by atoms with van der Waals surface area (Å²) in [6.07, 6.45) is -0.228. The lowest BCUT2D eigenvalue weighted by Crippen LogP contribution is -2.59. The minimum Gasteiger partial charge on any atom is -0.465 e. The van der Waals surface area contributed by atoms with Crippen LogP contribution in [-0.2, 0) is 14.3 Å². The third kappa shape index (κ3) is 5.63. The van der Waals surface area contributed by atoms with Gasteiger partial charge in [0.2, 0.25) is 11.8 Å². The van der Waals surface area contributed by atoms with E-state index in [9.17, 15) is 19.2 Å². The second kappa shape index (κ2) is 9.95. The Morgan fingerprint density at radius 1 is 1.06 bits per heavy atom. The highest BCUT2D eigenvalue weighted by molar-refractivity contribution is 6.00. The van der Waals surface area contributed by atoms with Crippen LogP contribution < -0.4 is 16.0 Å². The highest BCUT2D eigenvalue weighted by Gasteiger charge is 2.35. The van der Waals surface area contributed by atoms with Gasteiger partial charge in [-0.05, 0) is 55.3 Å². The molecule has 0 aliphatic carbocycles. The largest absolute Gasteiger partial charge is 0.465 e. The molecule has 1 fully saturated rings. The number of benzene rings is 2. The fraction of sp³-hybridized carbons (Fsp3) is 0.304. The molecule has 3 rings (SSSR count). The Labute approximate surface area is 186 Å². The first-order valence-corrected chi connectivity index (χ1v) is 10.2. The monoisotopic (exact) mass is 438 g/mol. The number of esters is 1. The molecule has 0 bridgehead atoms. The zero-order valence-corrected chi connectivity index (χ0v) is 18.2. The van der Waals surface area contributed by atoms with Gasteiger partial charge in [-0.2, -0.15) is 0 Å². The average molecular weight is 438 g/mol. The molecule has 0 spiro atoms. The van der Waals surface area contributed by atoms with Crippen molar-refractivity contribution >= 4 is 35.2 Å². The smallest absolute Gasteiger partial charge is 0.337 e. The molecule has 4 amide bonds. The number of hydrogen-bond donors (Lipinski definition) is 3. The van der Waals surface area contributed by atoms with Gasteiger partial charge in [0.1, 0.15) is 6.04 Å². The van der Waals surface area contributed by atoms with Gasteiger partial charge in [0.05, 0.1) is 19.1 Å². The summed E-state index contributed by atoms with van der Waals surface area (Å²) in [5, 5.41) is 8.18. The van der Waals surface area contributed by atoms with E-state index in [1.54, 1.807) is 18.2 Å². The van der Waals surface area contributed by atoms with E-state index in [0.29, 0.717) is 17.9 Å². The lowest BCUT2D eigenvalue weighted by molar-refractivity contribution is -0.130. The van der Waals surface area contributed by atoms with E-state index < -0.39 is 29.9 Å². The van der Waals surface area contributed by atoms with Crippen molar-refractivity contribution in [1.82, 2.24) is 10.2 Å². The summed E-state index contributed by atoms with van der Waals surface area (Å²) < 4.78 is 4.68. The molecule has 168 valence electrons. The van der Waals surface area contributed by atoms with Crippen LogP contribution >= 0.6 is 0 Å². The normalized spacial score (nSPS) is 15.5. The zero-order chi connectivity index (χ0) is 23.3. The van der Waals surface area contributed by atoms with Crippen LogP contribution in [0.2, 0.25) is 0 Å². The number of carbonyl (C=O) groups excluding carboxylic acids is 4. The lowest BCUT2D eigenvalue weighted by Gasteiger charge is -2.34. The Bertz CT molecular complexity index is 1030. The Kier molecular flexibility index (Phi) is 7.09. The summed E-state index contributed by atoms with van der Waals surface area (Å²) in [6.45, 7) is 4.44. The SMILES string of the molecule is COC(=O)c1cccc(NC(=O)C[C@H]2C(=O)NCCN2C(=O)Nc2cc(C)cc(C)c2)c1. The maximum atomic E-state index is 12.9. The number of aryl methyl sites for hydroxylation is 2. The van der Waals surface area contributed by atoms with Gasteiger partial charge in [0, 0.05) is 24.5 Å². The number of anilines is 2. The van der Waals surface area contributed by atoms with E-state index in [1.807, 2.05) is 32.0 Å². The molecule has 1 aliphatic heterocycles. The van der Waals surface area contributed by atoms with Crippen LogP contribution in [-0.4, -0.2) is 55.0 Å². The van der Waals surface area contributed by atoms with Gasteiger partial charge in [-0.15, -0.1) is 0 Å². The van der Waals surface area contributed by atoms with Gasteiger partial charge in [0.15, 0.2) is 0 Å². The van der Waals surface area contributed by atoms with Gasteiger partial charge in [-0.25, -0.2) is 9.59 Å². The quantitative estimate of drug-likeness (QED) is 0.620. The average Bonchev–Trinajstić information content (AvgIpc) is 2.74. The van der Waals surface area contributed by atoms with E-state index in [1.165, 1.54) is 18.1 Å². The minimum absolute atomic E-state index is 0.228. The first-order chi connectivity index (χ1) is 15.3. The topological polar surface area (TPSA) is 117 Å². The molecule has 0 radical (unpaired) electrons. The molecule has 0 saturated carbocycles. The Morgan fingerprint density at radius 2 is 1.78 bits per heavy atom. The minimum atomic E-state index is -0.960. The third-order valence-corrected chi connectivity index (χ3v) is 5.01. The van der Waals surface area contributed by atoms with Crippen molar-refractivity contribution in [3.8, 4) is 0 Å². The van der Waals surface area contributed by atoms with Crippen LogP contribution in [0.25, 0.3) is 0 Å². The van der Waals surface area contributed by atoms with E-state index in [2.05, 4.69) is 20.7 Å². The van der Waals surface area contributed by atoms with Crippen LogP contribution in [0.3, 0.4) is 0 Å². The molecule has 9 nitrogen and oxygen atoms in total. The fourth-order valence-electron chi connectivity index (χ4n) is 3.63. The number of methoxy groups -OCH3 is 1. The predicted molar refractivity (Wildman–Crippen MR) is 119 cm³/mol. The molecule has 2 aromatic carbocycles. The molecule has 1 saturated heterocycles. The number of ether oxygens (including phenoxy) is 1. The summed E-state index contributed by atoms with van der Waals surface area (Å²) in [5.41, 5.74) is 3.31. The molecule has 0 aromatic heterocycles. The molecule has 0 unspecified atom stereocenters. The number of nitrogens with zero attached hydrogens (tertiary/aromatic N) is 1. The molecule has 3 N–H and O–H groups in total. The van der Waals surface area contributed by atoms with Gasteiger partial charge < -0.3 is 25.6 Å². The van der Waals surface area contributed by atoms with Crippen LogP contribution in [0, 0.1) is 13.8 Å². The van der Waals surface area contributed by atoms with Crippen LogP contribution in [0.1, 0.15) is 27.9 Å². The number of carbonyl (C=O) groups is 4. The van der Waals surface area contributed by atoms with E-state index in [0.717, 1.165) is 11.1 Å². The molecule has 9 heteroatoms. The highest BCUT2D eigenvalue weighted by Crippen LogP contribution is 2.18. The summed E-state index contributed by atoms with van der Waals surface area (Å²) in [4.78, 5) is 51.0. The van der Waals surface area contributed by atoms with Crippen molar-refractivity contribution in [1.29, 1.82) is 0 Å². The summed E-state index contributed by atoms with van der Waals surface area (Å²) >= 11 is 0. The summed E-state index contributed by atoms with van der Waals surface area (Å²) in [7, 11) is 1.27. The molecular formula is C23H26N4O5. The van der Waals surface area contributed by atoms with E-state index in [-0.39, 0.29) is 18.5 Å². The number of piperazine rings is 1. The summed E-state index contributed by atoms with van der Waals surface area (Å²) in [6, 6.07) is 10.5. The lowest BCUT2D eigenvalue weighted by atomic mass is 10.1. The van der Waals surface area contributed by atoms with Crippen LogP contribution in [0.5, 0.6) is 0 Å². The second-order valence-corrected chi connectivity index (χ2v) is 7.63. The van der Waals surface area contributed by atoms with Gasteiger partial charge in [-0.3, -0.25) is 9.59 Å². The standard InChI is InChI=1S/C23H26N4O5/c1-14-9-15(2)11-18(10-14)26-23(31)27-8-7-24-21(29)19(27)13-20(28)25-17-6-4-5-16(12-17)22(30)32-3/h4-6,9-12,19H,7-8,13H2,1-3H3,(H,24,29)(H,25,28)(H,26,31)/t19-/m0/s1. The van der Waals surface area contributed by atoms with Gasteiger partial charge in [-0.1, -0.05) is 12.1 Å².